The van der Waals surface area contributed by atoms with Crippen molar-refractivity contribution in [3.8, 4) is 0 Å². The van der Waals surface area contributed by atoms with E-state index in [1.54, 1.807) is 19.2 Å². The summed E-state index contributed by atoms with van der Waals surface area (Å²) < 4.78 is 15.1. The molecule has 0 spiro atoms. The molecule has 0 atom stereocenters. The Morgan fingerprint density at radius 3 is 2.94 bits per heavy atom. The standard InChI is InChI=1S/C14H15FN2O/c1-3-17-7-6-16-14(17)9-13(18)12-8-11(15)5-4-10(12)2/h4-8H,3,9H2,1-2H3. The van der Waals surface area contributed by atoms with Crippen LogP contribution in [0.1, 0.15) is 28.7 Å². The minimum absolute atomic E-state index is 0.104. The van der Waals surface area contributed by atoms with Crippen molar-refractivity contribution >= 4 is 5.78 Å². The Morgan fingerprint density at radius 1 is 1.44 bits per heavy atom. The highest BCUT2D eigenvalue weighted by atomic mass is 19.1. The highest BCUT2D eigenvalue weighted by molar-refractivity contribution is 5.98. The van der Waals surface area contributed by atoms with Crippen LogP contribution in [0.25, 0.3) is 0 Å². The maximum absolute atomic E-state index is 13.2. The van der Waals surface area contributed by atoms with Gasteiger partial charge in [0.15, 0.2) is 5.78 Å². The lowest BCUT2D eigenvalue weighted by atomic mass is 10.0. The first-order chi connectivity index (χ1) is 8.61. The third kappa shape index (κ3) is 2.47. The van der Waals surface area contributed by atoms with E-state index in [1.807, 2.05) is 17.7 Å². The van der Waals surface area contributed by atoms with Gasteiger partial charge in [0, 0.05) is 24.5 Å². The number of halogens is 1. The average molecular weight is 246 g/mol. The molecule has 0 radical (unpaired) electrons. The van der Waals surface area contributed by atoms with Crippen molar-refractivity contribution in [1.29, 1.82) is 0 Å². The summed E-state index contributed by atoms with van der Waals surface area (Å²) in [5.41, 5.74) is 1.22. The van der Waals surface area contributed by atoms with Crippen molar-refractivity contribution < 1.29 is 9.18 Å². The Morgan fingerprint density at radius 2 is 2.22 bits per heavy atom. The van der Waals surface area contributed by atoms with Crippen LogP contribution >= 0.6 is 0 Å². The topological polar surface area (TPSA) is 34.9 Å². The molecule has 0 aliphatic rings. The first-order valence-corrected chi connectivity index (χ1v) is 5.91. The number of Topliss-reactive ketones (excluding diaryl/α,β-unsaturated/α-hetero) is 1. The molecule has 0 saturated carbocycles. The van der Waals surface area contributed by atoms with E-state index in [0.29, 0.717) is 11.4 Å². The van der Waals surface area contributed by atoms with Crippen LogP contribution in [-0.4, -0.2) is 15.3 Å². The monoisotopic (exact) mass is 246 g/mol. The molecule has 0 N–H and O–H groups in total. The molecule has 0 bridgehead atoms. The Bertz CT molecular complexity index is 575. The predicted octanol–water partition coefficient (Wildman–Crippen LogP) is 2.78. The highest BCUT2D eigenvalue weighted by Crippen LogP contribution is 2.13. The van der Waals surface area contributed by atoms with Crippen molar-refractivity contribution in [3.63, 3.8) is 0 Å². The lowest BCUT2D eigenvalue weighted by Gasteiger charge is -2.06. The summed E-state index contributed by atoms with van der Waals surface area (Å²) in [5, 5.41) is 0. The second-order valence-electron chi connectivity index (χ2n) is 4.19. The molecule has 1 heterocycles. The van der Waals surface area contributed by atoms with Gasteiger partial charge < -0.3 is 4.57 Å². The third-order valence-electron chi connectivity index (χ3n) is 2.96. The molecule has 1 aromatic heterocycles. The largest absolute Gasteiger partial charge is 0.335 e. The van der Waals surface area contributed by atoms with Crippen LogP contribution in [0.5, 0.6) is 0 Å². The first-order valence-electron chi connectivity index (χ1n) is 5.91. The van der Waals surface area contributed by atoms with Gasteiger partial charge in [-0.05, 0) is 31.5 Å². The van der Waals surface area contributed by atoms with Crippen molar-refractivity contribution in [2.45, 2.75) is 26.8 Å². The number of imidazole rings is 1. The van der Waals surface area contributed by atoms with Gasteiger partial charge in [-0.3, -0.25) is 4.79 Å². The number of ketones is 1. The van der Waals surface area contributed by atoms with E-state index in [9.17, 15) is 9.18 Å². The van der Waals surface area contributed by atoms with Crippen molar-refractivity contribution in [3.05, 3.63) is 53.4 Å². The maximum Gasteiger partial charge on any atom is 0.170 e. The molecule has 0 aliphatic heterocycles. The average Bonchev–Trinajstić information content (AvgIpc) is 2.79. The number of aromatic nitrogens is 2. The van der Waals surface area contributed by atoms with Crippen LogP contribution < -0.4 is 0 Å². The van der Waals surface area contributed by atoms with E-state index in [-0.39, 0.29) is 18.0 Å². The maximum atomic E-state index is 13.2. The van der Waals surface area contributed by atoms with Gasteiger partial charge in [-0.25, -0.2) is 9.37 Å². The fourth-order valence-electron chi connectivity index (χ4n) is 1.93. The number of aryl methyl sites for hydroxylation is 2. The zero-order valence-corrected chi connectivity index (χ0v) is 10.5. The van der Waals surface area contributed by atoms with Crippen molar-refractivity contribution in [2.24, 2.45) is 0 Å². The fourth-order valence-corrected chi connectivity index (χ4v) is 1.93. The van der Waals surface area contributed by atoms with Crippen LogP contribution in [0.4, 0.5) is 4.39 Å². The fraction of sp³-hybridized carbons (Fsp3) is 0.286. The lowest BCUT2D eigenvalue weighted by Crippen LogP contribution is -2.11. The Kier molecular flexibility index (Phi) is 3.55. The molecular weight excluding hydrogens is 231 g/mol. The van der Waals surface area contributed by atoms with E-state index in [4.69, 9.17) is 0 Å². The summed E-state index contributed by atoms with van der Waals surface area (Å²) in [6.07, 6.45) is 3.71. The summed E-state index contributed by atoms with van der Waals surface area (Å²) in [6.45, 7) is 4.56. The molecule has 2 aromatic rings. The molecule has 4 heteroatoms. The number of benzene rings is 1. The quantitative estimate of drug-likeness (QED) is 0.777. The number of nitrogens with zero attached hydrogens (tertiary/aromatic N) is 2. The van der Waals surface area contributed by atoms with Gasteiger partial charge in [0.25, 0.3) is 0 Å². The van der Waals surface area contributed by atoms with E-state index in [1.165, 1.54) is 12.1 Å². The first kappa shape index (κ1) is 12.5. The molecule has 0 saturated heterocycles. The number of hydrogen-bond acceptors (Lipinski definition) is 2. The van der Waals surface area contributed by atoms with Gasteiger partial charge in [0.1, 0.15) is 11.6 Å². The predicted molar refractivity (Wildman–Crippen MR) is 67.1 cm³/mol. The van der Waals surface area contributed by atoms with Crippen LogP contribution in [0.2, 0.25) is 0 Å². The van der Waals surface area contributed by atoms with Crippen LogP contribution in [0.3, 0.4) is 0 Å². The Labute approximate surface area is 105 Å². The van der Waals surface area contributed by atoms with Gasteiger partial charge in [-0.1, -0.05) is 6.07 Å². The van der Waals surface area contributed by atoms with Crippen LogP contribution in [0, 0.1) is 12.7 Å². The van der Waals surface area contributed by atoms with Crippen LogP contribution in [0.15, 0.2) is 30.6 Å². The molecule has 3 nitrogen and oxygen atoms in total. The Hall–Kier alpha value is -1.97. The molecule has 94 valence electrons. The summed E-state index contributed by atoms with van der Waals surface area (Å²) in [4.78, 5) is 16.3. The van der Waals surface area contributed by atoms with Crippen molar-refractivity contribution in [1.82, 2.24) is 9.55 Å². The third-order valence-corrected chi connectivity index (χ3v) is 2.96. The second-order valence-corrected chi connectivity index (χ2v) is 4.19. The van der Waals surface area contributed by atoms with Gasteiger partial charge in [-0.2, -0.15) is 0 Å². The molecular formula is C14H15FN2O. The minimum atomic E-state index is -0.386. The number of rotatable bonds is 4. The second kappa shape index (κ2) is 5.12. The number of carbonyl (C=O) groups excluding carboxylic acids is 1. The van der Waals surface area contributed by atoms with Gasteiger partial charge in [-0.15, -0.1) is 0 Å². The zero-order chi connectivity index (χ0) is 13.1. The van der Waals surface area contributed by atoms with E-state index < -0.39 is 0 Å². The van der Waals surface area contributed by atoms with Gasteiger partial charge in [0.05, 0.1) is 6.42 Å². The molecule has 1 aromatic carbocycles. The van der Waals surface area contributed by atoms with Crippen LogP contribution in [-0.2, 0) is 13.0 Å². The van der Waals surface area contributed by atoms with E-state index in [0.717, 1.165) is 12.1 Å². The number of hydrogen-bond donors (Lipinski definition) is 0. The summed E-state index contributed by atoms with van der Waals surface area (Å²) >= 11 is 0. The Balaban J connectivity index is 2.25. The van der Waals surface area contributed by atoms with Gasteiger partial charge >= 0.3 is 0 Å². The minimum Gasteiger partial charge on any atom is -0.335 e. The molecule has 0 aliphatic carbocycles. The zero-order valence-electron chi connectivity index (χ0n) is 10.5. The van der Waals surface area contributed by atoms with E-state index in [2.05, 4.69) is 4.98 Å². The van der Waals surface area contributed by atoms with Crippen molar-refractivity contribution in [2.75, 3.05) is 0 Å². The molecule has 0 unspecified atom stereocenters. The molecule has 18 heavy (non-hydrogen) atoms. The summed E-state index contributed by atoms with van der Waals surface area (Å²) in [5.74, 6) is 0.224. The SMILES string of the molecule is CCn1ccnc1CC(=O)c1cc(F)ccc1C. The molecule has 0 amide bonds. The van der Waals surface area contributed by atoms with E-state index >= 15 is 0 Å². The normalized spacial score (nSPS) is 10.6. The smallest absolute Gasteiger partial charge is 0.170 e. The van der Waals surface area contributed by atoms with Gasteiger partial charge in [0.2, 0.25) is 0 Å². The highest BCUT2D eigenvalue weighted by Gasteiger charge is 2.13. The number of carbonyl (C=O) groups is 1. The molecule has 2 rings (SSSR count). The molecule has 0 fully saturated rings. The lowest BCUT2D eigenvalue weighted by molar-refractivity contribution is 0.0988. The summed E-state index contributed by atoms with van der Waals surface area (Å²) in [6, 6.07) is 4.27. The summed E-state index contributed by atoms with van der Waals surface area (Å²) in [7, 11) is 0.